The normalized spacial score (nSPS) is 4.57. The zero-order chi connectivity index (χ0) is 6.12. The summed E-state index contributed by atoms with van der Waals surface area (Å²) < 4.78 is 0. The molecule has 0 atom stereocenters. The van der Waals surface area contributed by atoms with Crippen LogP contribution in [0.1, 0.15) is 0 Å². The van der Waals surface area contributed by atoms with Crippen LogP contribution >= 0.6 is 0 Å². The SMILES string of the molecule is C=C.C=CNC=O. The van der Waals surface area contributed by atoms with Crippen molar-refractivity contribution in [3.63, 3.8) is 0 Å². The molecule has 0 aromatic carbocycles. The van der Waals surface area contributed by atoms with Gasteiger partial charge >= 0.3 is 0 Å². The van der Waals surface area contributed by atoms with Crippen molar-refractivity contribution in [3.05, 3.63) is 25.9 Å². The number of nitrogens with one attached hydrogen (secondary N) is 1. The van der Waals surface area contributed by atoms with Crippen LogP contribution in [-0.2, 0) is 4.79 Å². The molecule has 1 amide bonds. The van der Waals surface area contributed by atoms with Crippen molar-refractivity contribution in [1.29, 1.82) is 0 Å². The Hall–Kier alpha value is -1.05. The molecule has 0 rings (SSSR count). The Morgan fingerprint density at radius 1 is 1.43 bits per heavy atom. The van der Waals surface area contributed by atoms with Gasteiger partial charge in [-0.2, -0.15) is 0 Å². The summed E-state index contributed by atoms with van der Waals surface area (Å²) >= 11 is 0. The van der Waals surface area contributed by atoms with Crippen LogP contribution in [0, 0.1) is 0 Å². The van der Waals surface area contributed by atoms with Crippen LogP contribution in [0.2, 0.25) is 0 Å². The van der Waals surface area contributed by atoms with Gasteiger partial charge in [-0.05, 0) is 6.20 Å². The molecule has 0 aromatic rings. The highest BCUT2D eigenvalue weighted by atomic mass is 16.1. The van der Waals surface area contributed by atoms with E-state index in [0.29, 0.717) is 6.41 Å². The first-order valence-corrected chi connectivity index (χ1v) is 1.72. The zero-order valence-corrected chi connectivity index (χ0v) is 4.18. The molecule has 0 saturated carbocycles. The summed E-state index contributed by atoms with van der Waals surface area (Å²) in [5.41, 5.74) is 0. The quantitative estimate of drug-likeness (QED) is 0.400. The van der Waals surface area contributed by atoms with Gasteiger partial charge in [0.25, 0.3) is 0 Å². The second kappa shape index (κ2) is 20.3. The van der Waals surface area contributed by atoms with Crippen molar-refractivity contribution >= 4 is 6.41 Å². The Morgan fingerprint density at radius 2 is 1.86 bits per heavy atom. The minimum atomic E-state index is 0.562. The topological polar surface area (TPSA) is 29.1 Å². The molecule has 2 nitrogen and oxygen atoms in total. The van der Waals surface area contributed by atoms with E-state index in [1.165, 1.54) is 6.20 Å². The molecule has 0 fully saturated rings. The molecule has 0 aliphatic rings. The molecule has 0 aliphatic heterocycles. The van der Waals surface area contributed by atoms with Crippen LogP contribution in [0.4, 0.5) is 0 Å². The molecule has 1 N–H and O–H groups in total. The van der Waals surface area contributed by atoms with Gasteiger partial charge in [-0.3, -0.25) is 4.79 Å². The monoisotopic (exact) mass is 99.1 g/mol. The summed E-state index contributed by atoms with van der Waals surface area (Å²) in [6, 6.07) is 0. The van der Waals surface area contributed by atoms with Crippen LogP contribution in [0.25, 0.3) is 0 Å². The third-order valence-electron chi connectivity index (χ3n) is 0.186. The first-order chi connectivity index (χ1) is 3.41. The summed E-state index contributed by atoms with van der Waals surface area (Å²) in [6.45, 7) is 9.21. The summed E-state index contributed by atoms with van der Waals surface area (Å²) in [7, 11) is 0. The summed E-state index contributed by atoms with van der Waals surface area (Å²) in [5.74, 6) is 0. The second-order valence-corrected chi connectivity index (χ2v) is 0.489. The van der Waals surface area contributed by atoms with E-state index in [-0.39, 0.29) is 0 Å². The lowest BCUT2D eigenvalue weighted by molar-refractivity contribution is -0.108. The van der Waals surface area contributed by atoms with Gasteiger partial charge in [0.05, 0.1) is 0 Å². The Labute approximate surface area is 43.5 Å². The summed E-state index contributed by atoms with van der Waals surface area (Å²) in [4.78, 5) is 9.22. The third-order valence-corrected chi connectivity index (χ3v) is 0.186. The Bertz CT molecular complexity index is 46.0. The highest BCUT2D eigenvalue weighted by Crippen LogP contribution is 1.35. The largest absolute Gasteiger partial charge is 0.336 e. The van der Waals surface area contributed by atoms with Crippen LogP contribution in [-0.4, -0.2) is 6.41 Å². The lowest BCUT2D eigenvalue weighted by Gasteiger charge is -1.70. The lowest BCUT2D eigenvalue weighted by Crippen LogP contribution is -1.96. The van der Waals surface area contributed by atoms with Gasteiger partial charge in [-0.1, -0.05) is 6.58 Å². The fraction of sp³-hybridized carbons (Fsp3) is 0. The molecule has 40 valence electrons. The Morgan fingerprint density at radius 3 is 1.86 bits per heavy atom. The predicted molar refractivity (Wildman–Crippen MR) is 30.7 cm³/mol. The van der Waals surface area contributed by atoms with Gasteiger partial charge in [-0.25, -0.2) is 0 Å². The number of hydrogen-bond donors (Lipinski definition) is 1. The van der Waals surface area contributed by atoms with E-state index in [0.717, 1.165) is 0 Å². The van der Waals surface area contributed by atoms with E-state index in [4.69, 9.17) is 0 Å². The molecule has 2 heteroatoms. The standard InChI is InChI=1S/C3H5NO.C2H4/c1-2-4-3-5;1-2/h2-3H,1H2,(H,4,5);1-2H2. The van der Waals surface area contributed by atoms with Gasteiger partial charge < -0.3 is 5.32 Å². The molecule has 0 heterocycles. The van der Waals surface area contributed by atoms with Crippen molar-refractivity contribution < 1.29 is 4.79 Å². The molecule has 0 bridgehead atoms. The first kappa shape index (κ1) is 9.34. The van der Waals surface area contributed by atoms with E-state index >= 15 is 0 Å². The molecule has 0 spiro atoms. The van der Waals surface area contributed by atoms with Crippen molar-refractivity contribution in [1.82, 2.24) is 5.32 Å². The van der Waals surface area contributed by atoms with Crippen LogP contribution < -0.4 is 5.32 Å². The van der Waals surface area contributed by atoms with Crippen molar-refractivity contribution in [3.8, 4) is 0 Å². The number of carbonyl (C=O) groups is 1. The van der Waals surface area contributed by atoms with Gasteiger partial charge in [0.1, 0.15) is 0 Å². The van der Waals surface area contributed by atoms with Gasteiger partial charge in [0.15, 0.2) is 0 Å². The molecular formula is C5H9NO. The molecule has 0 saturated heterocycles. The number of hydrogen-bond acceptors (Lipinski definition) is 1. The predicted octanol–water partition coefficient (Wildman–Crippen LogP) is 0.678. The lowest BCUT2D eigenvalue weighted by atomic mass is 11.0. The highest BCUT2D eigenvalue weighted by molar-refractivity contribution is 5.47. The van der Waals surface area contributed by atoms with Crippen LogP contribution in [0.5, 0.6) is 0 Å². The summed E-state index contributed by atoms with van der Waals surface area (Å²) in [6.07, 6.45) is 1.88. The van der Waals surface area contributed by atoms with E-state index in [1.807, 2.05) is 0 Å². The maximum Gasteiger partial charge on any atom is 0.211 e. The average molecular weight is 99.1 g/mol. The highest BCUT2D eigenvalue weighted by Gasteiger charge is 1.50. The van der Waals surface area contributed by atoms with E-state index in [2.05, 4.69) is 25.1 Å². The number of carbonyl (C=O) groups excluding carboxylic acids is 1. The molecule has 0 aliphatic carbocycles. The first-order valence-electron chi connectivity index (χ1n) is 1.72. The van der Waals surface area contributed by atoms with Gasteiger partial charge in [0.2, 0.25) is 6.41 Å². The Kier molecular flexibility index (Phi) is 27.1. The van der Waals surface area contributed by atoms with Crippen molar-refractivity contribution in [2.24, 2.45) is 0 Å². The fourth-order valence-electron chi connectivity index (χ4n) is 0.0481. The van der Waals surface area contributed by atoms with E-state index in [1.54, 1.807) is 0 Å². The molecule has 0 unspecified atom stereocenters. The van der Waals surface area contributed by atoms with Gasteiger partial charge in [0, 0.05) is 0 Å². The minimum absolute atomic E-state index is 0.562. The number of rotatable bonds is 2. The smallest absolute Gasteiger partial charge is 0.211 e. The van der Waals surface area contributed by atoms with Crippen LogP contribution in [0.15, 0.2) is 25.9 Å². The Balaban J connectivity index is 0. The minimum Gasteiger partial charge on any atom is -0.336 e. The van der Waals surface area contributed by atoms with Crippen LogP contribution in [0.3, 0.4) is 0 Å². The summed E-state index contributed by atoms with van der Waals surface area (Å²) in [5, 5.41) is 2.19. The second-order valence-electron chi connectivity index (χ2n) is 0.489. The number of amides is 1. The van der Waals surface area contributed by atoms with Gasteiger partial charge in [-0.15, -0.1) is 13.2 Å². The van der Waals surface area contributed by atoms with Crippen molar-refractivity contribution in [2.45, 2.75) is 0 Å². The van der Waals surface area contributed by atoms with E-state index < -0.39 is 0 Å². The average Bonchev–Trinajstić information content (AvgIpc) is 1.75. The third kappa shape index (κ3) is 47.7. The maximum atomic E-state index is 9.22. The molecule has 0 radical (unpaired) electrons. The molecule has 7 heavy (non-hydrogen) atoms. The zero-order valence-electron chi connectivity index (χ0n) is 4.18. The maximum absolute atomic E-state index is 9.22. The molecular weight excluding hydrogens is 90.1 g/mol. The van der Waals surface area contributed by atoms with Crippen molar-refractivity contribution in [2.75, 3.05) is 0 Å². The molecule has 0 aromatic heterocycles. The van der Waals surface area contributed by atoms with E-state index in [9.17, 15) is 4.79 Å². The fourth-order valence-corrected chi connectivity index (χ4v) is 0.0481.